The van der Waals surface area contributed by atoms with Crippen molar-refractivity contribution < 1.29 is 8.42 Å². The molecule has 0 amide bonds. The van der Waals surface area contributed by atoms with Crippen molar-refractivity contribution in [3.05, 3.63) is 29.3 Å². The Morgan fingerprint density at radius 1 is 1.17 bits per heavy atom. The summed E-state index contributed by atoms with van der Waals surface area (Å²) in [7, 11) is -3.58. The number of sulfonamides is 1. The molecule has 3 saturated carbocycles. The van der Waals surface area contributed by atoms with Crippen molar-refractivity contribution in [2.45, 2.75) is 50.8 Å². The SMILES string of the molecule is Cc1ccc(C)c(S(=O)(=O)NN=C2CC3CC2C2CCCC32)c1. The molecule has 4 nitrogen and oxygen atoms in total. The lowest BCUT2D eigenvalue weighted by molar-refractivity contribution is 0.333. The number of nitrogens with one attached hydrogen (secondary N) is 1. The molecule has 3 aliphatic rings. The molecular formula is C18H24N2O2S. The average molecular weight is 332 g/mol. The van der Waals surface area contributed by atoms with Crippen LogP contribution in [0.3, 0.4) is 0 Å². The van der Waals surface area contributed by atoms with Gasteiger partial charge in [0, 0.05) is 11.6 Å². The first-order valence-electron chi connectivity index (χ1n) is 8.61. The van der Waals surface area contributed by atoms with Crippen molar-refractivity contribution in [1.82, 2.24) is 4.83 Å². The summed E-state index contributed by atoms with van der Waals surface area (Å²) in [5, 5.41) is 4.36. The van der Waals surface area contributed by atoms with Crippen LogP contribution in [0.1, 0.15) is 43.2 Å². The topological polar surface area (TPSA) is 58.5 Å². The zero-order chi connectivity index (χ0) is 16.2. The second-order valence-corrected chi connectivity index (χ2v) is 9.16. The fraction of sp³-hybridized carbons (Fsp3) is 0.611. The maximum absolute atomic E-state index is 12.6. The third-order valence-electron chi connectivity index (χ3n) is 6.15. The Balaban J connectivity index is 1.56. The van der Waals surface area contributed by atoms with Gasteiger partial charge in [-0.15, -0.1) is 0 Å². The van der Waals surface area contributed by atoms with E-state index in [1.165, 1.54) is 25.7 Å². The lowest BCUT2D eigenvalue weighted by atomic mass is 9.81. The van der Waals surface area contributed by atoms with Gasteiger partial charge in [0.1, 0.15) is 0 Å². The normalized spacial score (nSPS) is 34.1. The van der Waals surface area contributed by atoms with Crippen LogP contribution < -0.4 is 4.83 Å². The summed E-state index contributed by atoms with van der Waals surface area (Å²) in [4.78, 5) is 2.85. The summed E-state index contributed by atoms with van der Waals surface area (Å²) >= 11 is 0. The fourth-order valence-electron chi connectivity index (χ4n) is 5.11. The summed E-state index contributed by atoms with van der Waals surface area (Å²) in [5.41, 5.74) is 2.79. The summed E-state index contributed by atoms with van der Waals surface area (Å²) in [6.45, 7) is 3.72. The van der Waals surface area contributed by atoms with Crippen molar-refractivity contribution in [1.29, 1.82) is 0 Å². The first-order valence-corrected chi connectivity index (χ1v) is 10.1. The number of hydrogen-bond acceptors (Lipinski definition) is 3. The van der Waals surface area contributed by atoms with Crippen LogP contribution >= 0.6 is 0 Å². The van der Waals surface area contributed by atoms with E-state index < -0.39 is 10.0 Å². The van der Waals surface area contributed by atoms with E-state index in [0.717, 1.165) is 41.0 Å². The maximum atomic E-state index is 12.6. The van der Waals surface area contributed by atoms with Gasteiger partial charge in [0.25, 0.3) is 10.0 Å². The predicted molar refractivity (Wildman–Crippen MR) is 90.7 cm³/mol. The molecule has 4 atom stereocenters. The van der Waals surface area contributed by atoms with Gasteiger partial charge < -0.3 is 0 Å². The number of rotatable bonds is 3. The van der Waals surface area contributed by atoms with Gasteiger partial charge in [-0.05, 0) is 74.5 Å². The summed E-state index contributed by atoms with van der Waals surface area (Å²) in [6, 6.07) is 5.49. The summed E-state index contributed by atoms with van der Waals surface area (Å²) < 4.78 is 25.2. The van der Waals surface area contributed by atoms with Gasteiger partial charge in [-0.25, -0.2) is 4.83 Å². The van der Waals surface area contributed by atoms with Gasteiger partial charge in [0.15, 0.2) is 0 Å². The van der Waals surface area contributed by atoms with E-state index in [1.807, 2.05) is 26.0 Å². The van der Waals surface area contributed by atoms with Gasteiger partial charge in [-0.3, -0.25) is 0 Å². The zero-order valence-electron chi connectivity index (χ0n) is 13.7. The standard InChI is InChI=1S/C18H24N2O2S/c1-11-6-7-12(2)18(8-11)23(21,22)20-19-17-10-13-9-16(17)15-5-3-4-14(13)15/h6-8,13-16,20H,3-5,9-10H2,1-2H3. The minimum absolute atomic E-state index is 0.337. The second-order valence-electron chi connectivity index (χ2n) is 7.53. The lowest BCUT2D eigenvalue weighted by Gasteiger charge is -2.25. The van der Waals surface area contributed by atoms with E-state index in [9.17, 15) is 8.42 Å². The molecule has 4 rings (SSSR count). The summed E-state index contributed by atoms with van der Waals surface area (Å²) in [5.74, 6) is 2.91. The van der Waals surface area contributed by atoms with E-state index in [1.54, 1.807) is 6.07 Å². The molecule has 1 aromatic carbocycles. The Morgan fingerprint density at radius 3 is 2.78 bits per heavy atom. The molecule has 0 aromatic heterocycles. The number of fused-ring (bicyclic) bond motifs is 5. The smallest absolute Gasteiger partial charge is 0.200 e. The van der Waals surface area contributed by atoms with Crippen LogP contribution in [0, 0.1) is 37.5 Å². The molecule has 3 aliphatic carbocycles. The molecule has 1 aromatic rings. The van der Waals surface area contributed by atoms with E-state index in [4.69, 9.17) is 0 Å². The molecule has 1 N–H and O–H groups in total. The van der Waals surface area contributed by atoms with Crippen molar-refractivity contribution in [3.63, 3.8) is 0 Å². The average Bonchev–Trinajstić information content (AvgIpc) is 3.19. The fourth-order valence-corrected chi connectivity index (χ4v) is 6.28. The number of nitrogens with zero attached hydrogens (tertiary/aromatic N) is 1. The van der Waals surface area contributed by atoms with E-state index in [-0.39, 0.29) is 0 Å². The highest BCUT2D eigenvalue weighted by molar-refractivity contribution is 7.89. The first kappa shape index (κ1) is 15.2. The molecule has 5 heteroatoms. The second kappa shape index (κ2) is 5.33. The minimum atomic E-state index is -3.58. The zero-order valence-corrected chi connectivity index (χ0v) is 14.6. The highest BCUT2D eigenvalue weighted by atomic mass is 32.2. The van der Waals surface area contributed by atoms with Crippen LogP contribution in [-0.2, 0) is 10.0 Å². The molecule has 124 valence electrons. The van der Waals surface area contributed by atoms with E-state index >= 15 is 0 Å². The van der Waals surface area contributed by atoms with Crippen LogP contribution in [0.4, 0.5) is 0 Å². The van der Waals surface area contributed by atoms with Crippen LogP contribution in [0.25, 0.3) is 0 Å². The molecule has 23 heavy (non-hydrogen) atoms. The predicted octanol–water partition coefficient (Wildman–Crippen LogP) is 3.39. The van der Waals surface area contributed by atoms with Gasteiger partial charge in [0.05, 0.1) is 4.90 Å². The monoisotopic (exact) mass is 332 g/mol. The highest BCUT2D eigenvalue weighted by Crippen LogP contribution is 2.57. The quantitative estimate of drug-likeness (QED) is 0.863. The molecule has 0 saturated heterocycles. The Hall–Kier alpha value is -1.36. The molecular weight excluding hydrogens is 308 g/mol. The molecule has 0 aliphatic heterocycles. The maximum Gasteiger partial charge on any atom is 0.276 e. The Bertz CT molecular complexity index is 769. The minimum Gasteiger partial charge on any atom is -0.200 e. The van der Waals surface area contributed by atoms with Crippen molar-refractivity contribution in [3.8, 4) is 0 Å². The third-order valence-corrected chi connectivity index (χ3v) is 7.50. The number of hydrogen-bond donors (Lipinski definition) is 1. The third kappa shape index (κ3) is 2.49. The Labute approximate surface area is 138 Å². The molecule has 4 unspecified atom stereocenters. The summed E-state index contributed by atoms with van der Waals surface area (Å²) in [6.07, 6.45) is 6.21. The van der Waals surface area contributed by atoms with Gasteiger partial charge >= 0.3 is 0 Å². The highest BCUT2D eigenvalue weighted by Gasteiger charge is 2.52. The van der Waals surface area contributed by atoms with Crippen molar-refractivity contribution in [2.24, 2.45) is 28.8 Å². The van der Waals surface area contributed by atoms with Gasteiger partial charge in [-0.2, -0.15) is 13.5 Å². The van der Waals surface area contributed by atoms with Crippen LogP contribution in [0.2, 0.25) is 0 Å². The molecule has 0 spiro atoms. The number of aryl methyl sites for hydroxylation is 2. The Kier molecular flexibility index (Phi) is 3.52. The van der Waals surface area contributed by atoms with Crippen molar-refractivity contribution >= 4 is 15.7 Å². The molecule has 3 fully saturated rings. The number of benzene rings is 1. The van der Waals surface area contributed by atoms with Crippen molar-refractivity contribution in [2.75, 3.05) is 0 Å². The molecule has 2 bridgehead atoms. The van der Waals surface area contributed by atoms with E-state index in [0.29, 0.717) is 10.8 Å². The van der Waals surface area contributed by atoms with E-state index in [2.05, 4.69) is 9.93 Å². The lowest BCUT2D eigenvalue weighted by Crippen LogP contribution is -2.28. The van der Waals surface area contributed by atoms with Gasteiger partial charge in [0.2, 0.25) is 0 Å². The van der Waals surface area contributed by atoms with Crippen LogP contribution in [-0.4, -0.2) is 14.1 Å². The van der Waals surface area contributed by atoms with Crippen LogP contribution in [0.15, 0.2) is 28.2 Å². The molecule has 0 radical (unpaired) electrons. The first-order chi connectivity index (χ1) is 11.0. The number of hydrazone groups is 1. The largest absolute Gasteiger partial charge is 0.276 e. The van der Waals surface area contributed by atoms with Crippen LogP contribution in [0.5, 0.6) is 0 Å². The van der Waals surface area contributed by atoms with Gasteiger partial charge in [-0.1, -0.05) is 18.6 Å². The Morgan fingerprint density at radius 2 is 1.96 bits per heavy atom. The molecule has 0 heterocycles.